The Balaban J connectivity index is 1.66. The summed E-state index contributed by atoms with van der Waals surface area (Å²) in [5.74, 6) is 2.38. The quantitative estimate of drug-likeness (QED) is 0.936. The molecule has 21 heavy (non-hydrogen) atoms. The Labute approximate surface area is 124 Å². The second-order valence-corrected chi connectivity index (χ2v) is 6.37. The molecule has 5 nitrogen and oxygen atoms in total. The van der Waals surface area contributed by atoms with Gasteiger partial charge in [-0.05, 0) is 26.8 Å². The molecule has 0 bridgehead atoms. The fraction of sp³-hybridized carbons (Fsp3) is 0.500. The molecule has 1 atom stereocenters. The van der Waals surface area contributed by atoms with E-state index in [0.29, 0.717) is 18.3 Å². The van der Waals surface area contributed by atoms with Crippen molar-refractivity contribution in [2.24, 2.45) is 0 Å². The molecule has 1 aromatic heterocycles. The van der Waals surface area contributed by atoms with Crippen molar-refractivity contribution in [3.8, 4) is 5.75 Å². The standard InChI is InChI=1S/C16H21N3O2/c1-16(2,3)17-9-8-14-18-15(19-21-14)12-10-20-13-7-5-4-6-11(12)13/h4-7,12,17H,8-10H2,1-3H3. The third kappa shape index (κ3) is 3.24. The zero-order valence-corrected chi connectivity index (χ0v) is 12.7. The molecule has 1 aliphatic heterocycles. The van der Waals surface area contributed by atoms with Crippen LogP contribution in [-0.2, 0) is 6.42 Å². The van der Waals surface area contributed by atoms with Gasteiger partial charge in [-0.1, -0.05) is 23.4 Å². The second-order valence-electron chi connectivity index (χ2n) is 6.37. The Morgan fingerprint density at radius 2 is 2.10 bits per heavy atom. The van der Waals surface area contributed by atoms with E-state index in [-0.39, 0.29) is 11.5 Å². The van der Waals surface area contributed by atoms with Crippen LogP contribution in [0.2, 0.25) is 0 Å². The van der Waals surface area contributed by atoms with Gasteiger partial charge in [0.15, 0.2) is 5.82 Å². The molecule has 1 unspecified atom stereocenters. The van der Waals surface area contributed by atoms with E-state index in [0.717, 1.165) is 24.3 Å². The summed E-state index contributed by atoms with van der Waals surface area (Å²) < 4.78 is 11.0. The van der Waals surface area contributed by atoms with Gasteiger partial charge in [-0.25, -0.2) is 0 Å². The lowest BCUT2D eigenvalue weighted by molar-refractivity contribution is 0.330. The number of rotatable bonds is 4. The molecule has 0 aliphatic carbocycles. The SMILES string of the molecule is CC(C)(C)NCCc1nc(C2COc3ccccc32)no1. The van der Waals surface area contributed by atoms with Gasteiger partial charge in [-0.15, -0.1) is 0 Å². The minimum Gasteiger partial charge on any atom is -0.492 e. The first-order valence-electron chi connectivity index (χ1n) is 7.32. The van der Waals surface area contributed by atoms with E-state index in [9.17, 15) is 0 Å². The molecular formula is C16H21N3O2. The van der Waals surface area contributed by atoms with Crippen molar-refractivity contribution in [3.05, 3.63) is 41.5 Å². The van der Waals surface area contributed by atoms with Crippen LogP contribution in [0, 0.1) is 0 Å². The van der Waals surface area contributed by atoms with Crippen molar-refractivity contribution in [2.75, 3.05) is 13.2 Å². The maximum Gasteiger partial charge on any atom is 0.227 e. The van der Waals surface area contributed by atoms with Gasteiger partial charge >= 0.3 is 0 Å². The van der Waals surface area contributed by atoms with Crippen molar-refractivity contribution >= 4 is 0 Å². The van der Waals surface area contributed by atoms with Crippen molar-refractivity contribution < 1.29 is 9.26 Å². The summed E-state index contributed by atoms with van der Waals surface area (Å²) in [6, 6.07) is 8.02. The van der Waals surface area contributed by atoms with E-state index in [1.165, 1.54) is 0 Å². The van der Waals surface area contributed by atoms with Gasteiger partial charge in [-0.3, -0.25) is 0 Å². The molecule has 1 aromatic carbocycles. The first-order chi connectivity index (χ1) is 10.0. The van der Waals surface area contributed by atoms with Gasteiger partial charge in [0.05, 0.1) is 5.92 Å². The van der Waals surface area contributed by atoms with Gasteiger partial charge in [-0.2, -0.15) is 4.98 Å². The van der Waals surface area contributed by atoms with Gasteiger partial charge in [0, 0.05) is 24.1 Å². The second kappa shape index (κ2) is 5.48. The molecule has 112 valence electrons. The van der Waals surface area contributed by atoms with Crippen molar-refractivity contribution in [1.29, 1.82) is 0 Å². The van der Waals surface area contributed by atoms with Crippen molar-refractivity contribution in [1.82, 2.24) is 15.5 Å². The molecule has 0 radical (unpaired) electrons. The van der Waals surface area contributed by atoms with Crippen molar-refractivity contribution in [2.45, 2.75) is 38.6 Å². The number of aromatic nitrogens is 2. The van der Waals surface area contributed by atoms with E-state index in [4.69, 9.17) is 9.26 Å². The molecule has 0 spiro atoms. The predicted octanol–water partition coefficient (Wildman–Crippen LogP) is 2.52. The Hall–Kier alpha value is -1.88. The maximum absolute atomic E-state index is 5.67. The zero-order valence-electron chi connectivity index (χ0n) is 12.7. The number of hydrogen-bond acceptors (Lipinski definition) is 5. The Morgan fingerprint density at radius 1 is 1.29 bits per heavy atom. The summed E-state index contributed by atoms with van der Waals surface area (Å²) in [5, 5.41) is 7.53. The third-order valence-electron chi connectivity index (χ3n) is 3.49. The van der Waals surface area contributed by atoms with Crippen LogP contribution in [0.4, 0.5) is 0 Å². The molecule has 1 N–H and O–H groups in total. The minimum atomic E-state index is 0.0780. The van der Waals surface area contributed by atoms with Crippen LogP contribution in [-0.4, -0.2) is 28.8 Å². The lowest BCUT2D eigenvalue weighted by Gasteiger charge is -2.19. The molecule has 0 saturated carbocycles. The molecule has 1 aliphatic rings. The van der Waals surface area contributed by atoms with Crippen LogP contribution < -0.4 is 10.1 Å². The zero-order chi connectivity index (χ0) is 14.9. The average Bonchev–Trinajstić information content (AvgIpc) is 3.03. The summed E-state index contributed by atoms with van der Waals surface area (Å²) in [7, 11) is 0. The first kappa shape index (κ1) is 14.1. The van der Waals surface area contributed by atoms with Gasteiger partial charge in [0.1, 0.15) is 12.4 Å². The molecule has 0 saturated heterocycles. The van der Waals surface area contributed by atoms with Gasteiger partial charge < -0.3 is 14.6 Å². The normalized spacial score (nSPS) is 17.6. The smallest absolute Gasteiger partial charge is 0.227 e. The van der Waals surface area contributed by atoms with E-state index in [1.54, 1.807) is 0 Å². The highest BCUT2D eigenvalue weighted by molar-refractivity contribution is 5.42. The number of hydrogen-bond donors (Lipinski definition) is 1. The third-order valence-corrected chi connectivity index (χ3v) is 3.49. The fourth-order valence-electron chi connectivity index (χ4n) is 2.43. The van der Waals surface area contributed by atoms with E-state index in [2.05, 4.69) is 42.3 Å². The Morgan fingerprint density at radius 3 is 2.90 bits per heavy atom. The van der Waals surface area contributed by atoms with Crippen molar-refractivity contribution in [3.63, 3.8) is 0 Å². The lowest BCUT2D eigenvalue weighted by atomic mass is 10.0. The van der Waals surface area contributed by atoms with Gasteiger partial charge in [0.25, 0.3) is 0 Å². The summed E-state index contributed by atoms with van der Waals surface area (Å²) in [6.07, 6.45) is 0.736. The molecule has 2 heterocycles. The van der Waals surface area contributed by atoms with Crippen LogP contribution in [0.25, 0.3) is 0 Å². The summed E-state index contributed by atoms with van der Waals surface area (Å²) in [5.41, 5.74) is 1.24. The van der Waals surface area contributed by atoms with Crippen LogP contribution in [0.3, 0.4) is 0 Å². The number of nitrogens with zero attached hydrogens (tertiary/aromatic N) is 2. The summed E-state index contributed by atoms with van der Waals surface area (Å²) >= 11 is 0. The van der Waals surface area contributed by atoms with E-state index >= 15 is 0 Å². The number of nitrogens with one attached hydrogen (secondary N) is 1. The number of benzene rings is 1. The lowest BCUT2D eigenvalue weighted by Crippen LogP contribution is -2.37. The summed E-state index contributed by atoms with van der Waals surface area (Å²) in [4.78, 5) is 4.51. The molecule has 5 heteroatoms. The predicted molar refractivity (Wildman–Crippen MR) is 79.5 cm³/mol. The highest BCUT2D eigenvalue weighted by Gasteiger charge is 2.29. The van der Waals surface area contributed by atoms with Crippen LogP contribution in [0.15, 0.2) is 28.8 Å². The topological polar surface area (TPSA) is 60.2 Å². The van der Waals surface area contributed by atoms with Crippen LogP contribution >= 0.6 is 0 Å². The number of fused-ring (bicyclic) bond motifs is 1. The highest BCUT2D eigenvalue weighted by atomic mass is 16.5. The Bertz CT molecular complexity index is 616. The molecule has 0 fully saturated rings. The fourth-order valence-corrected chi connectivity index (χ4v) is 2.43. The largest absolute Gasteiger partial charge is 0.492 e. The van der Waals surface area contributed by atoms with Gasteiger partial charge in [0.2, 0.25) is 5.89 Å². The number of ether oxygens (including phenoxy) is 1. The molecule has 2 aromatic rings. The molecule has 3 rings (SSSR count). The number of para-hydroxylation sites is 1. The first-order valence-corrected chi connectivity index (χ1v) is 7.32. The maximum atomic E-state index is 5.67. The minimum absolute atomic E-state index is 0.0780. The Kier molecular flexibility index (Phi) is 3.68. The molecule has 0 amide bonds. The monoisotopic (exact) mass is 287 g/mol. The van der Waals surface area contributed by atoms with E-state index < -0.39 is 0 Å². The average molecular weight is 287 g/mol. The summed E-state index contributed by atoms with van der Waals surface area (Å²) in [6.45, 7) is 7.82. The van der Waals surface area contributed by atoms with Crippen LogP contribution in [0.5, 0.6) is 5.75 Å². The molecular weight excluding hydrogens is 266 g/mol. The van der Waals surface area contributed by atoms with E-state index in [1.807, 2.05) is 18.2 Å². The highest BCUT2D eigenvalue weighted by Crippen LogP contribution is 2.36. The van der Waals surface area contributed by atoms with Crippen LogP contribution in [0.1, 0.15) is 44.0 Å².